The maximum absolute atomic E-state index is 12.5. The van der Waals surface area contributed by atoms with Crippen LogP contribution in [0.4, 0.5) is 11.4 Å². The zero-order chi connectivity index (χ0) is 17.9. The third kappa shape index (κ3) is 3.76. The van der Waals surface area contributed by atoms with Crippen molar-refractivity contribution < 1.29 is 17.9 Å². The second-order valence-electron chi connectivity index (χ2n) is 5.80. The number of amides is 1. The number of anilines is 2. The van der Waals surface area contributed by atoms with Gasteiger partial charge in [0.15, 0.2) is 0 Å². The number of rotatable bonds is 4. The third-order valence-electron chi connectivity index (χ3n) is 4.09. The van der Waals surface area contributed by atoms with Crippen molar-refractivity contribution in [3.05, 3.63) is 54.1 Å². The molecule has 1 N–H and O–H groups in total. The van der Waals surface area contributed by atoms with E-state index in [-0.39, 0.29) is 11.7 Å². The van der Waals surface area contributed by atoms with Crippen LogP contribution in [0.3, 0.4) is 0 Å². The van der Waals surface area contributed by atoms with E-state index in [2.05, 4.69) is 5.32 Å². The van der Waals surface area contributed by atoms with Gasteiger partial charge in [-0.15, -0.1) is 0 Å². The fraction of sp³-hybridized carbons (Fsp3) is 0.278. The Morgan fingerprint density at radius 2 is 1.92 bits per heavy atom. The smallest absolute Gasteiger partial charge is 0.259 e. The van der Waals surface area contributed by atoms with Gasteiger partial charge in [0.1, 0.15) is 5.75 Å². The summed E-state index contributed by atoms with van der Waals surface area (Å²) in [5, 5.41) is 2.80. The van der Waals surface area contributed by atoms with E-state index in [0.29, 0.717) is 35.7 Å². The molecule has 0 atom stereocenters. The summed E-state index contributed by atoms with van der Waals surface area (Å²) < 4.78 is 31.1. The minimum absolute atomic E-state index is 0.158. The molecule has 1 aliphatic heterocycles. The predicted molar refractivity (Wildman–Crippen MR) is 97.8 cm³/mol. The first kappa shape index (κ1) is 17.3. The Morgan fingerprint density at radius 3 is 2.68 bits per heavy atom. The molecule has 132 valence electrons. The lowest BCUT2D eigenvalue weighted by Gasteiger charge is -2.28. The molecule has 0 radical (unpaired) electrons. The Balaban J connectivity index is 1.83. The van der Waals surface area contributed by atoms with Crippen molar-refractivity contribution in [2.24, 2.45) is 0 Å². The number of sulfonamides is 1. The summed E-state index contributed by atoms with van der Waals surface area (Å²) in [6.45, 7) is 0.465. The van der Waals surface area contributed by atoms with Gasteiger partial charge in [-0.3, -0.25) is 9.10 Å². The highest BCUT2D eigenvalue weighted by Crippen LogP contribution is 2.27. The van der Waals surface area contributed by atoms with Crippen LogP contribution < -0.4 is 14.4 Å². The second kappa shape index (κ2) is 7.14. The Labute approximate surface area is 147 Å². The third-order valence-corrected chi connectivity index (χ3v) is 5.96. The summed E-state index contributed by atoms with van der Waals surface area (Å²) in [4.78, 5) is 12.5. The molecule has 3 rings (SSSR count). The molecule has 0 bridgehead atoms. The molecule has 6 nitrogen and oxygen atoms in total. The summed E-state index contributed by atoms with van der Waals surface area (Å²) in [6, 6.07) is 13.8. The summed E-state index contributed by atoms with van der Waals surface area (Å²) >= 11 is 0. The van der Waals surface area contributed by atoms with Crippen molar-refractivity contribution in [3.63, 3.8) is 0 Å². The first-order valence-corrected chi connectivity index (χ1v) is 9.67. The Hall–Kier alpha value is -2.54. The maximum atomic E-state index is 12.5. The van der Waals surface area contributed by atoms with Gasteiger partial charge in [-0.1, -0.05) is 18.2 Å². The van der Waals surface area contributed by atoms with Crippen molar-refractivity contribution in [2.75, 3.05) is 29.0 Å². The Kier molecular flexibility index (Phi) is 4.94. The second-order valence-corrected chi connectivity index (χ2v) is 7.81. The number of nitrogens with one attached hydrogen (secondary N) is 1. The van der Waals surface area contributed by atoms with Gasteiger partial charge in [-0.05, 0) is 43.2 Å². The quantitative estimate of drug-likeness (QED) is 0.910. The van der Waals surface area contributed by atoms with E-state index in [0.717, 1.165) is 6.42 Å². The molecule has 25 heavy (non-hydrogen) atoms. The van der Waals surface area contributed by atoms with Crippen molar-refractivity contribution in [3.8, 4) is 5.75 Å². The van der Waals surface area contributed by atoms with Crippen LogP contribution in [0, 0.1) is 0 Å². The van der Waals surface area contributed by atoms with Gasteiger partial charge >= 0.3 is 0 Å². The SMILES string of the molecule is COc1ccccc1C(=O)Nc1cccc(N2CCCCS2(=O)=O)c1. The van der Waals surface area contributed by atoms with Crippen LogP contribution in [0.2, 0.25) is 0 Å². The molecule has 1 heterocycles. The number of ether oxygens (including phenoxy) is 1. The highest BCUT2D eigenvalue weighted by Gasteiger charge is 2.26. The van der Waals surface area contributed by atoms with Crippen LogP contribution in [-0.4, -0.2) is 33.7 Å². The lowest BCUT2D eigenvalue weighted by atomic mass is 10.2. The number of carbonyl (C=O) groups is 1. The number of methoxy groups -OCH3 is 1. The van der Waals surface area contributed by atoms with Crippen LogP contribution in [0.5, 0.6) is 5.75 Å². The van der Waals surface area contributed by atoms with Gasteiger partial charge in [-0.2, -0.15) is 0 Å². The maximum Gasteiger partial charge on any atom is 0.259 e. The molecule has 0 unspecified atom stereocenters. The number of nitrogens with zero attached hydrogens (tertiary/aromatic N) is 1. The van der Waals surface area contributed by atoms with Crippen molar-refractivity contribution >= 4 is 27.3 Å². The van der Waals surface area contributed by atoms with Gasteiger partial charge in [0.2, 0.25) is 10.0 Å². The van der Waals surface area contributed by atoms with E-state index in [1.807, 2.05) is 0 Å². The fourth-order valence-electron chi connectivity index (χ4n) is 2.85. The van der Waals surface area contributed by atoms with Gasteiger partial charge in [0, 0.05) is 12.2 Å². The van der Waals surface area contributed by atoms with E-state index in [1.54, 1.807) is 48.5 Å². The molecule has 2 aromatic rings. The molecule has 1 fully saturated rings. The molecule has 0 aliphatic carbocycles. The first-order valence-electron chi connectivity index (χ1n) is 8.06. The zero-order valence-electron chi connectivity index (χ0n) is 13.9. The van der Waals surface area contributed by atoms with E-state index in [9.17, 15) is 13.2 Å². The van der Waals surface area contributed by atoms with Crippen LogP contribution in [0.25, 0.3) is 0 Å². The first-order chi connectivity index (χ1) is 12.0. The Bertz CT molecular complexity index is 880. The molecular weight excluding hydrogens is 340 g/mol. The number of carbonyl (C=O) groups excluding carboxylic acids is 1. The standard InChI is InChI=1S/C18H20N2O4S/c1-24-17-10-3-2-9-16(17)18(21)19-14-7-6-8-15(13-14)20-11-4-5-12-25(20,22)23/h2-3,6-10,13H,4-5,11-12H2,1H3,(H,19,21). The molecular formula is C18H20N2O4S. The minimum Gasteiger partial charge on any atom is -0.496 e. The van der Waals surface area contributed by atoms with Crippen LogP contribution in [-0.2, 0) is 10.0 Å². The molecule has 7 heteroatoms. The summed E-state index contributed by atoms with van der Waals surface area (Å²) in [6.07, 6.45) is 1.51. The largest absolute Gasteiger partial charge is 0.496 e. The summed E-state index contributed by atoms with van der Waals surface area (Å²) in [7, 11) is -1.78. The molecule has 1 aliphatic rings. The average molecular weight is 360 g/mol. The van der Waals surface area contributed by atoms with Crippen LogP contribution in [0.1, 0.15) is 23.2 Å². The van der Waals surface area contributed by atoms with E-state index in [1.165, 1.54) is 11.4 Å². The van der Waals surface area contributed by atoms with Gasteiger partial charge in [0.05, 0.1) is 24.1 Å². The zero-order valence-corrected chi connectivity index (χ0v) is 14.8. The summed E-state index contributed by atoms with van der Waals surface area (Å²) in [5.41, 5.74) is 1.52. The number of hydrogen-bond acceptors (Lipinski definition) is 4. The number of para-hydroxylation sites is 1. The van der Waals surface area contributed by atoms with Crippen LogP contribution in [0.15, 0.2) is 48.5 Å². The predicted octanol–water partition coefficient (Wildman–Crippen LogP) is 2.88. The number of hydrogen-bond donors (Lipinski definition) is 1. The monoisotopic (exact) mass is 360 g/mol. The highest BCUT2D eigenvalue weighted by molar-refractivity contribution is 7.92. The summed E-state index contributed by atoms with van der Waals surface area (Å²) in [5.74, 6) is 0.330. The van der Waals surface area contributed by atoms with E-state index in [4.69, 9.17) is 4.74 Å². The van der Waals surface area contributed by atoms with E-state index >= 15 is 0 Å². The molecule has 0 saturated carbocycles. The molecule has 0 aromatic heterocycles. The van der Waals surface area contributed by atoms with Crippen molar-refractivity contribution in [2.45, 2.75) is 12.8 Å². The molecule has 2 aromatic carbocycles. The Morgan fingerprint density at radius 1 is 1.12 bits per heavy atom. The van der Waals surface area contributed by atoms with Gasteiger partial charge < -0.3 is 10.1 Å². The highest BCUT2D eigenvalue weighted by atomic mass is 32.2. The van der Waals surface area contributed by atoms with Gasteiger partial charge in [-0.25, -0.2) is 8.42 Å². The van der Waals surface area contributed by atoms with Gasteiger partial charge in [0.25, 0.3) is 5.91 Å². The van der Waals surface area contributed by atoms with E-state index < -0.39 is 10.0 Å². The fourth-order valence-corrected chi connectivity index (χ4v) is 4.48. The normalized spacial score (nSPS) is 16.3. The number of benzene rings is 2. The molecule has 0 spiro atoms. The topological polar surface area (TPSA) is 75.7 Å². The average Bonchev–Trinajstić information content (AvgIpc) is 2.61. The molecule has 1 saturated heterocycles. The van der Waals surface area contributed by atoms with Crippen LogP contribution >= 0.6 is 0 Å². The lowest BCUT2D eigenvalue weighted by Crippen LogP contribution is -2.37. The minimum atomic E-state index is -3.28. The lowest BCUT2D eigenvalue weighted by molar-refractivity contribution is 0.102. The van der Waals surface area contributed by atoms with Crippen molar-refractivity contribution in [1.82, 2.24) is 0 Å². The molecule has 1 amide bonds. The van der Waals surface area contributed by atoms with Crippen molar-refractivity contribution in [1.29, 1.82) is 0 Å².